The van der Waals surface area contributed by atoms with Gasteiger partial charge in [-0.1, -0.05) is 40.8 Å². The Kier molecular flexibility index (Phi) is 7.20. The van der Waals surface area contributed by atoms with Crippen LogP contribution in [0.25, 0.3) is 0 Å². The lowest BCUT2D eigenvalue weighted by Crippen LogP contribution is -2.13. The molecule has 7 nitrogen and oxygen atoms in total. The third-order valence-electron chi connectivity index (χ3n) is 3.72. The van der Waals surface area contributed by atoms with Gasteiger partial charge in [0.15, 0.2) is 4.34 Å². The fourth-order valence-electron chi connectivity index (χ4n) is 2.32. The van der Waals surface area contributed by atoms with Gasteiger partial charge in [0.1, 0.15) is 5.75 Å². The van der Waals surface area contributed by atoms with Crippen LogP contribution in [0.3, 0.4) is 0 Å². The number of hydrogen-bond acceptors (Lipinski definition) is 7. The molecule has 1 heterocycles. The summed E-state index contributed by atoms with van der Waals surface area (Å²) in [7, 11) is 0. The number of nitrogens with one attached hydrogen (secondary N) is 2. The summed E-state index contributed by atoms with van der Waals surface area (Å²) in [6.07, 6.45) is 0. The highest BCUT2D eigenvalue weighted by Crippen LogP contribution is 2.26. The molecule has 2 aromatic carbocycles. The smallest absolute Gasteiger partial charge is 0.257 e. The first-order valence-electron chi connectivity index (χ1n) is 8.90. The van der Waals surface area contributed by atoms with Crippen molar-refractivity contribution >= 4 is 45.7 Å². The highest BCUT2D eigenvalue weighted by Gasteiger charge is 2.12. The summed E-state index contributed by atoms with van der Waals surface area (Å²) in [5.74, 6) is 0.504. The van der Waals surface area contributed by atoms with Gasteiger partial charge in [-0.3, -0.25) is 14.9 Å². The molecule has 0 radical (unpaired) electrons. The van der Waals surface area contributed by atoms with Crippen LogP contribution in [0.15, 0.2) is 52.9 Å². The normalized spacial score (nSPS) is 10.4. The summed E-state index contributed by atoms with van der Waals surface area (Å²) in [5.41, 5.74) is 2.38. The highest BCUT2D eigenvalue weighted by molar-refractivity contribution is 8.01. The number of benzene rings is 2. The van der Waals surface area contributed by atoms with E-state index in [2.05, 4.69) is 20.8 Å². The fourth-order valence-corrected chi connectivity index (χ4v) is 3.87. The Morgan fingerprint density at radius 1 is 1.03 bits per heavy atom. The number of aromatic nitrogens is 2. The number of rotatable bonds is 8. The maximum absolute atomic E-state index is 12.3. The van der Waals surface area contributed by atoms with E-state index in [1.165, 1.54) is 23.1 Å². The van der Waals surface area contributed by atoms with Gasteiger partial charge in [-0.2, -0.15) is 0 Å². The van der Waals surface area contributed by atoms with Crippen LogP contribution >= 0.6 is 23.1 Å². The van der Waals surface area contributed by atoms with Gasteiger partial charge in [-0.15, -0.1) is 10.2 Å². The molecule has 0 bridgehead atoms. The number of carbonyl (C=O) groups is 2. The molecule has 0 aliphatic heterocycles. The van der Waals surface area contributed by atoms with Crippen molar-refractivity contribution in [2.75, 3.05) is 23.0 Å². The second-order valence-electron chi connectivity index (χ2n) is 5.99. The summed E-state index contributed by atoms with van der Waals surface area (Å²) in [6.45, 7) is 4.46. The molecule has 1 aromatic heterocycles. The zero-order chi connectivity index (χ0) is 20.6. The van der Waals surface area contributed by atoms with Crippen molar-refractivity contribution in [2.24, 2.45) is 0 Å². The molecule has 0 aliphatic carbocycles. The molecule has 2 N–H and O–H groups in total. The Morgan fingerprint density at radius 2 is 1.76 bits per heavy atom. The molecule has 2 amide bonds. The lowest BCUT2D eigenvalue weighted by molar-refractivity contribution is -0.113. The average Bonchev–Trinajstić information content (AvgIpc) is 3.16. The quantitative estimate of drug-likeness (QED) is 0.412. The predicted octanol–water partition coefficient (Wildman–Crippen LogP) is 4.23. The molecule has 9 heteroatoms. The number of carbonyl (C=O) groups excluding carboxylic acids is 2. The van der Waals surface area contributed by atoms with Gasteiger partial charge < -0.3 is 10.1 Å². The minimum Gasteiger partial charge on any atom is -0.494 e. The molecule has 0 fully saturated rings. The van der Waals surface area contributed by atoms with Crippen molar-refractivity contribution in [3.63, 3.8) is 0 Å². The van der Waals surface area contributed by atoms with E-state index in [9.17, 15) is 9.59 Å². The van der Waals surface area contributed by atoms with Crippen molar-refractivity contribution in [2.45, 2.75) is 18.2 Å². The van der Waals surface area contributed by atoms with Gasteiger partial charge in [0.2, 0.25) is 11.0 Å². The summed E-state index contributed by atoms with van der Waals surface area (Å²) < 4.78 is 5.97. The topological polar surface area (TPSA) is 93.2 Å². The predicted molar refractivity (Wildman–Crippen MR) is 116 cm³/mol. The van der Waals surface area contributed by atoms with Crippen molar-refractivity contribution < 1.29 is 14.3 Å². The maximum Gasteiger partial charge on any atom is 0.257 e. The summed E-state index contributed by atoms with van der Waals surface area (Å²) in [5, 5.41) is 13.9. The molecule has 0 unspecified atom stereocenters. The van der Waals surface area contributed by atoms with Gasteiger partial charge >= 0.3 is 0 Å². The molecule has 150 valence electrons. The van der Waals surface area contributed by atoms with Crippen molar-refractivity contribution in [3.8, 4) is 5.75 Å². The van der Waals surface area contributed by atoms with E-state index in [1.807, 2.05) is 38.1 Å². The van der Waals surface area contributed by atoms with Crippen LogP contribution in [0.1, 0.15) is 22.8 Å². The van der Waals surface area contributed by atoms with Gasteiger partial charge in [0.05, 0.1) is 12.4 Å². The van der Waals surface area contributed by atoms with Gasteiger partial charge in [0.25, 0.3) is 5.91 Å². The molecule has 0 saturated carbocycles. The first-order valence-corrected chi connectivity index (χ1v) is 10.7. The molecule has 29 heavy (non-hydrogen) atoms. The average molecular weight is 429 g/mol. The Hall–Kier alpha value is -2.91. The molecule has 0 spiro atoms. The monoisotopic (exact) mass is 428 g/mol. The van der Waals surface area contributed by atoms with E-state index in [1.54, 1.807) is 24.3 Å². The molecule has 0 atom stereocenters. The van der Waals surface area contributed by atoms with Gasteiger partial charge in [-0.05, 0) is 50.2 Å². The summed E-state index contributed by atoms with van der Waals surface area (Å²) in [6, 6.07) is 14.5. The molecule has 3 rings (SSSR count). The van der Waals surface area contributed by atoms with Crippen LogP contribution in [0.4, 0.5) is 10.8 Å². The van der Waals surface area contributed by atoms with E-state index >= 15 is 0 Å². The lowest BCUT2D eigenvalue weighted by Gasteiger charge is -2.04. The number of ether oxygens (including phenoxy) is 1. The molecular weight excluding hydrogens is 408 g/mol. The van der Waals surface area contributed by atoms with Crippen LogP contribution in [0, 0.1) is 6.92 Å². The third kappa shape index (κ3) is 6.30. The minimum absolute atomic E-state index is 0.131. The third-order valence-corrected chi connectivity index (χ3v) is 5.69. The molecule has 0 aliphatic rings. The molecular formula is C20H20N4O3S2. The standard InChI is InChI=1S/C20H20N4O3S2/c1-3-27-16-10-6-14(7-11-16)18(26)22-19-23-24-20(29-19)28-12-17(25)21-15-8-4-13(2)5-9-15/h4-11H,3,12H2,1-2H3,(H,21,25)(H,22,23,26). The first kappa shape index (κ1) is 20.8. The van der Waals surface area contributed by atoms with Crippen molar-refractivity contribution in [3.05, 3.63) is 59.7 Å². The summed E-state index contributed by atoms with van der Waals surface area (Å²) >= 11 is 2.49. The number of anilines is 2. The number of amides is 2. The van der Waals surface area contributed by atoms with E-state index in [4.69, 9.17) is 4.74 Å². The van der Waals surface area contributed by atoms with Crippen molar-refractivity contribution in [1.29, 1.82) is 0 Å². The van der Waals surface area contributed by atoms with Crippen LogP contribution < -0.4 is 15.4 Å². The lowest BCUT2D eigenvalue weighted by atomic mass is 10.2. The van der Waals surface area contributed by atoms with Crippen molar-refractivity contribution in [1.82, 2.24) is 10.2 Å². The Labute approximate surface area is 176 Å². The Balaban J connectivity index is 1.49. The van der Waals surface area contributed by atoms with Gasteiger partial charge in [0, 0.05) is 11.3 Å². The van der Waals surface area contributed by atoms with Crippen LogP contribution in [0.5, 0.6) is 5.75 Å². The van der Waals surface area contributed by atoms with E-state index < -0.39 is 0 Å². The minimum atomic E-state index is -0.280. The largest absolute Gasteiger partial charge is 0.494 e. The fraction of sp³-hybridized carbons (Fsp3) is 0.200. The number of aryl methyl sites for hydroxylation is 1. The zero-order valence-corrected chi connectivity index (χ0v) is 17.6. The molecule has 0 saturated heterocycles. The zero-order valence-electron chi connectivity index (χ0n) is 16.0. The second kappa shape index (κ2) is 10.0. The van der Waals surface area contributed by atoms with E-state index in [0.717, 1.165) is 11.3 Å². The maximum atomic E-state index is 12.3. The second-order valence-corrected chi connectivity index (χ2v) is 8.19. The highest BCUT2D eigenvalue weighted by atomic mass is 32.2. The number of thioether (sulfide) groups is 1. The first-order chi connectivity index (χ1) is 14.0. The van der Waals surface area contributed by atoms with Crippen LogP contribution in [0.2, 0.25) is 0 Å². The molecule has 3 aromatic rings. The van der Waals surface area contributed by atoms with Gasteiger partial charge in [-0.25, -0.2) is 0 Å². The summed E-state index contributed by atoms with van der Waals surface area (Å²) in [4.78, 5) is 24.4. The van der Waals surface area contributed by atoms with Crippen LogP contribution in [-0.2, 0) is 4.79 Å². The Morgan fingerprint density at radius 3 is 2.45 bits per heavy atom. The Bertz CT molecular complexity index is 972. The van der Waals surface area contributed by atoms with Crippen LogP contribution in [-0.4, -0.2) is 34.4 Å². The number of nitrogens with zero attached hydrogens (tertiary/aromatic N) is 2. The SMILES string of the molecule is CCOc1ccc(C(=O)Nc2nnc(SCC(=O)Nc3ccc(C)cc3)s2)cc1. The number of hydrogen-bond donors (Lipinski definition) is 2. The van der Waals surface area contributed by atoms with E-state index in [-0.39, 0.29) is 17.6 Å². The van der Waals surface area contributed by atoms with E-state index in [0.29, 0.717) is 27.4 Å².